The third-order valence-corrected chi connectivity index (χ3v) is 3.69. The minimum Gasteiger partial charge on any atom is -0.378 e. The summed E-state index contributed by atoms with van der Waals surface area (Å²) in [6.07, 6.45) is 5.64. The number of para-hydroxylation sites is 2. The number of hydrogen-bond acceptors (Lipinski definition) is 4. The Morgan fingerprint density at radius 3 is 2.89 bits per heavy atom. The summed E-state index contributed by atoms with van der Waals surface area (Å²) in [6.45, 7) is 2.80. The minimum atomic E-state index is 0.782. The second-order valence-electron chi connectivity index (χ2n) is 4.17. The third-order valence-electron chi connectivity index (χ3n) is 2.78. The smallest absolute Gasteiger partial charge is 0.0897 e. The van der Waals surface area contributed by atoms with Crippen molar-refractivity contribution in [1.82, 2.24) is 14.8 Å². The summed E-state index contributed by atoms with van der Waals surface area (Å²) < 4.78 is 1.86. The van der Waals surface area contributed by atoms with E-state index in [1.807, 2.05) is 48.3 Å². The van der Waals surface area contributed by atoms with Crippen molar-refractivity contribution in [3.05, 3.63) is 58.8 Å². The van der Waals surface area contributed by atoms with Gasteiger partial charge in [-0.1, -0.05) is 12.1 Å². The number of aromatic nitrogens is 3. The van der Waals surface area contributed by atoms with Gasteiger partial charge in [0, 0.05) is 23.5 Å². The molecule has 0 spiro atoms. The summed E-state index contributed by atoms with van der Waals surface area (Å²) in [4.78, 5) is 5.49. The maximum atomic E-state index is 4.27. The standard InChI is InChI=1S/C14H14N4S/c1-11-15-9-12(19-11)10-16-13-5-2-3-6-14(13)18-8-4-7-17-18/h2-9,16H,10H2,1H3. The van der Waals surface area contributed by atoms with Gasteiger partial charge in [0.2, 0.25) is 0 Å². The van der Waals surface area contributed by atoms with E-state index in [1.165, 1.54) is 4.88 Å². The van der Waals surface area contributed by atoms with Crippen molar-refractivity contribution in [1.29, 1.82) is 0 Å². The van der Waals surface area contributed by atoms with E-state index in [9.17, 15) is 0 Å². The summed E-state index contributed by atoms with van der Waals surface area (Å²) in [6, 6.07) is 10.1. The summed E-state index contributed by atoms with van der Waals surface area (Å²) in [5.74, 6) is 0. The Labute approximate surface area is 115 Å². The lowest BCUT2D eigenvalue weighted by Crippen LogP contribution is -2.03. The highest BCUT2D eigenvalue weighted by Crippen LogP contribution is 2.21. The Kier molecular flexibility index (Phi) is 3.29. The minimum absolute atomic E-state index is 0.782. The van der Waals surface area contributed by atoms with Crippen molar-refractivity contribution in [3.8, 4) is 5.69 Å². The topological polar surface area (TPSA) is 42.7 Å². The molecule has 0 unspecified atom stereocenters. The van der Waals surface area contributed by atoms with Crippen molar-refractivity contribution in [3.63, 3.8) is 0 Å². The average Bonchev–Trinajstić information content (AvgIpc) is 3.08. The molecule has 1 N–H and O–H groups in total. The number of thiazole rings is 1. The van der Waals surface area contributed by atoms with Gasteiger partial charge in [0.05, 0.1) is 22.9 Å². The fourth-order valence-electron chi connectivity index (χ4n) is 1.90. The summed E-state index contributed by atoms with van der Waals surface area (Å²) in [5.41, 5.74) is 2.12. The van der Waals surface area contributed by atoms with Gasteiger partial charge in [-0.3, -0.25) is 0 Å². The number of anilines is 1. The van der Waals surface area contributed by atoms with E-state index in [0.29, 0.717) is 0 Å². The summed E-state index contributed by atoms with van der Waals surface area (Å²) in [5, 5.41) is 8.81. The van der Waals surface area contributed by atoms with Crippen LogP contribution in [-0.2, 0) is 6.54 Å². The van der Waals surface area contributed by atoms with Gasteiger partial charge in [0.25, 0.3) is 0 Å². The highest BCUT2D eigenvalue weighted by molar-refractivity contribution is 7.11. The molecule has 1 aromatic carbocycles. The average molecular weight is 270 g/mol. The zero-order valence-electron chi connectivity index (χ0n) is 10.6. The molecule has 5 heteroatoms. The fourth-order valence-corrected chi connectivity index (χ4v) is 2.64. The Morgan fingerprint density at radius 2 is 2.16 bits per heavy atom. The zero-order chi connectivity index (χ0) is 13.1. The quantitative estimate of drug-likeness (QED) is 0.791. The fraction of sp³-hybridized carbons (Fsp3) is 0.143. The van der Waals surface area contributed by atoms with Crippen LogP contribution >= 0.6 is 11.3 Å². The Morgan fingerprint density at radius 1 is 1.26 bits per heavy atom. The number of aryl methyl sites for hydroxylation is 1. The largest absolute Gasteiger partial charge is 0.378 e. The van der Waals surface area contributed by atoms with Crippen LogP contribution in [0.3, 0.4) is 0 Å². The third kappa shape index (κ3) is 2.66. The molecule has 3 aromatic rings. The van der Waals surface area contributed by atoms with Gasteiger partial charge < -0.3 is 5.32 Å². The molecule has 0 saturated heterocycles. The van der Waals surface area contributed by atoms with Gasteiger partial charge in [-0.2, -0.15) is 5.10 Å². The van der Waals surface area contributed by atoms with Crippen molar-refractivity contribution in [2.24, 2.45) is 0 Å². The Balaban J connectivity index is 1.81. The predicted molar refractivity (Wildman–Crippen MR) is 77.7 cm³/mol. The molecule has 0 aliphatic heterocycles. The van der Waals surface area contributed by atoms with Crippen molar-refractivity contribution in [2.45, 2.75) is 13.5 Å². The number of nitrogens with one attached hydrogen (secondary N) is 1. The van der Waals surface area contributed by atoms with Crippen LogP contribution in [-0.4, -0.2) is 14.8 Å². The summed E-state index contributed by atoms with van der Waals surface area (Å²) in [7, 11) is 0. The van der Waals surface area contributed by atoms with Crippen LogP contribution in [0.2, 0.25) is 0 Å². The second-order valence-corrected chi connectivity index (χ2v) is 5.49. The van der Waals surface area contributed by atoms with Crippen LogP contribution in [0.4, 0.5) is 5.69 Å². The van der Waals surface area contributed by atoms with Crippen LogP contribution < -0.4 is 5.32 Å². The van der Waals surface area contributed by atoms with Gasteiger partial charge in [-0.05, 0) is 25.1 Å². The monoisotopic (exact) mass is 270 g/mol. The van der Waals surface area contributed by atoms with Crippen LogP contribution in [0.1, 0.15) is 9.88 Å². The Hall–Kier alpha value is -2.14. The van der Waals surface area contributed by atoms with E-state index in [2.05, 4.69) is 21.5 Å². The van der Waals surface area contributed by atoms with Gasteiger partial charge in [-0.15, -0.1) is 11.3 Å². The van der Waals surface area contributed by atoms with Gasteiger partial charge in [0.1, 0.15) is 0 Å². The highest BCUT2D eigenvalue weighted by atomic mass is 32.1. The van der Waals surface area contributed by atoms with Gasteiger partial charge in [0.15, 0.2) is 0 Å². The van der Waals surface area contributed by atoms with Crippen LogP contribution in [0.25, 0.3) is 5.69 Å². The number of rotatable bonds is 4. The lowest BCUT2D eigenvalue weighted by molar-refractivity contribution is 0.879. The van der Waals surface area contributed by atoms with Crippen molar-refractivity contribution >= 4 is 17.0 Å². The highest BCUT2D eigenvalue weighted by Gasteiger charge is 2.04. The van der Waals surface area contributed by atoms with E-state index in [4.69, 9.17) is 0 Å². The van der Waals surface area contributed by atoms with E-state index >= 15 is 0 Å². The van der Waals surface area contributed by atoms with Crippen LogP contribution in [0, 0.1) is 6.92 Å². The lowest BCUT2D eigenvalue weighted by atomic mass is 10.2. The molecule has 0 radical (unpaired) electrons. The normalized spacial score (nSPS) is 10.6. The van der Waals surface area contributed by atoms with E-state index in [0.717, 1.165) is 22.9 Å². The number of benzene rings is 1. The van der Waals surface area contributed by atoms with Gasteiger partial charge >= 0.3 is 0 Å². The molecule has 2 heterocycles. The molecule has 0 amide bonds. The first-order chi connectivity index (χ1) is 9.33. The second kappa shape index (κ2) is 5.24. The molecule has 4 nitrogen and oxygen atoms in total. The van der Waals surface area contributed by atoms with Gasteiger partial charge in [-0.25, -0.2) is 9.67 Å². The maximum Gasteiger partial charge on any atom is 0.0897 e. The van der Waals surface area contributed by atoms with Crippen LogP contribution in [0.5, 0.6) is 0 Å². The predicted octanol–water partition coefficient (Wildman–Crippen LogP) is 3.25. The summed E-state index contributed by atoms with van der Waals surface area (Å²) >= 11 is 1.71. The lowest BCUT2D eigenvalue weighted by Gasteiger charge is -2.10. The number of hydrogen-bond donors (Lipinski definition) is 1. The van der Waals surface area contributed by atoms with Crippen molar-refractivity contribution < 1.29 is 0 Å². The first-order valence-corrected chi connectivity index (χ1v) is 6.89. The first-order valence-electron chi connectivity index (χ1n) is 6.07. The van der Waals surface area contributed by atoms with Crippen LogP contribution in [0.15, 0.2) is 48.9 Å². The van der Waals surface area contributed by atoms with E-state index in [1.54, 1.807) is 17.5 Å². The molecule has 0 atom stereocenters. The molecule has 96 valence electrons. The molecule has 0 aliphatic carbocycles. The van der Waals surface area contributed by atoms with E-state index in [-0.39, 0.29) is 0 Å². The maximum absolute atomic E-state index is 4.27. The molecule has 3 rings (SSSR count). The molecular weight excluding hydrogens is 256 g/mol. The molecule has 0 aliphatic rings. The molecule has 2 aromatic heterocycles. The first kappa shape index (κ1) is 11.9. The molecular formula is C14H14N4S. The molecule has 19 heavy (non-hydrogen) atoms. The molecule has 0 bridgehead atoms. The molecule has 0 fully saturated rings. The zero-order valence-corrected chi connectivity index (χ0v) is 11.4. The van der Waals surface area contributed by atoms with Crippen molar-refractivity contribution in [2.75, 3.05) is 5.32 Å². The Bertz CT molecular complexity index is 658. The molecule has 0 saturated carbocycles. The number of nitrogens with zero attached hydrogens (tertiary/aromatic N) is 3. The SMILES string of the molecule is Cc1ncc(CNc2ccccc2-n2cccn2)s1. The van der Waals surface area contributed by atoms with E-state index < -0.39 is 0 Å².